The molecule has 0 fully saturated rings. The van der Waals surface area contributed by atoms with Gasteiger partial charge in [-0.1, -0.05) is 6.92 Å². The number of aliphatic carboxylic acids is 1. The average molecular weight is 187 g/mol. The number of hydrogen-bond donors (Lipinski definition) is 2. The molecule has 4 nitrogen and oxygen atoms in total. The smallest absolute Gasteiger partial charge is 0.303 e. The van der Waals surface area contributed by atoms with E-state index >= 15 is 0 Å². The Labute approximate surface area is 78.3 Å². The van der Waals surface area contributed by atoms with Crippen LogP contribution in [0.25, 0.3) is 0 Å². The third-order valence-electron chi connectivity index (χ3n) is 2.00. The van der Waals surface area contributed by atoms with Gasteiger partial charge in [-0.2, -0.15) is 0 Å². The van der Waals surface area contributed by atoms with Crippen LogP contribution in [0.15, 0.2) is 0 Å². The average Bonchev–Trinajstić information content (AvgIpc) is 1.98. The molecule has 0 spiro atoms. The number of nitrogens with one attached hydrogen (secondary N) is 1. The molecular formula is C9H17NO3. The summed E-state index contributed by atoms with van der Waals surface area (Å²) in [6, 6.07) is -0.214. The molecule has 76 valence electrons. The lowest BCUT2D eigenvalue weighted by atomic mass is 9.97. The van der Waals surface area contributed by atoms with Gasteiger partial charge in [0.1, 0.15) is 5.78 Å². The molecule has 0 rings (SSSR count). The Balaban J connectivity index is 3.93. The van der Waals surface area contributed by atoms with Gasteiger partial charge in [0.25, 0.3) is 0 Å². The number of ketones is 1. The van der Waals surface area contributed by atoms with Crippen molar-refractivity contribution in [2.75, 3.05) is 7.05 Å². The van der Waals surface area contributed by atoms with Crippen molar-refractivity contribution in [3.63, 3.8) is 0 Å². The van der Waals surface area contributed by atoms with E-state index in [1.54, 1.807) is 7.05 Å². The molecule has 2 N–H and O–H groups in total. The molecule has 0 radical (unpaired) electrons. The van der Waals surface area contributed by atoms with Crippen molar-refractivity contribution in [3.05, 3.63) is 0 Å². The summed E-state index contributed by atoms with van der Waals surface area (Å²) >= 11 is 0. The lowest BCUT2D eigenvalue weighted by Crippen LogP contribution is -2.34. The largest absolute Gasteiger partial charge is 0.481 e. The molecular weight excluding hydrogens is 170 g/mol. The molecule has 0 saturated heterocycles. The van der Waals surface area contributed by atoms with Crippen LogP contribution in [-0.2, 0) is 9.59 Å². The van der Waals surface area contributed by atoms with Crippen molar-refractivity contribution < 1.29 is 14.7 Å². The van der Waals surface area contributed by atoms with Gasteiger partial charge in [0.05, 0.1) is 6.04 Å². The van der Waals surface area contributed by atoms with E-state index in [9.17, 15) is 9.59 Å². The molecule has 0 aromatic heterocycles. The van der Waals surface area contributed by atoms with Crippen LogP contribution in [-0.4, -0.2) is 29.9 Å². The Morgan fingerprint density at radius 3 is 2.31 bits per heavy atom. The molecule has 0 aliphatic carbocycles. The maximum absolute atomic E-state index is 11.0. The number of rotatable bonds is 6. The maximum atomic E-state index is 11.0. The molecule has 0 bridgehead atoms. The first kappa shape index (κ1) is 12.1. The number of carboxylic acids is 1. The van der Waals surface area contributed by atoms with E-state index < -0.39 is 5.97 Å². The summed E-state index contributed by atoms with van der Waals surface area (Å²) in [6.45, 7) is 3.34. The number of carboxylic acid groups (broad SMARTS) is 1. The summed E-state index contributed by atoms with van der Waals surface area (Å²) in [6.07, 6.45) is 0.698. The van der Waals surface area contributed by atoms with E-state index in [2.05, 4.69) is 5.32 Å². The van der Waals surface area contributed by atoms with Crippen LogP contribution in [0.4, 0.5) is 0 Å². The normalized spacial score (nSPS) is 15.0. The molecule has 13 heavy (non-hydrogen) atoms. The Morgan fingerprint density at radius 1 is 1.46 bits per heavy atom. The van der Waals surface area contributed by atoms with Crippen molar-refractivity contribution in [3.8, 4) is 0 Å². The predicted molar refractivity (Wildman–Crippen MR) is 49.6 cm³/mol. The number of carbonyl (C=O) groups is 2. The van der Waals surface area contributed by atoms with E-state index in [-0.39, 0.29) is 24.2 Å². The molecule has 4 heteroatoms. The first-order valence-electron chi connectivity index (χ1n) is 4.36. The molecule has 0 saturated carbocycles. The molecule has 0 aliphatic rings. The van der Waals surface area contributed by atoms with Crippen LogP contribution in [0.3, 0.4) is 0 Å². The minimum atomic E-state index is -0.814. The third kappa shape index (κ3) is 5.36. The molecule has 2 atom stereocenters. The lowest BCUT2D eigenvalue weighted by molar-refractivity contribution is -0.138. The number of carbonyl (C=O) groups excluding carboxylic acids is 1. The summed E-state index contributed by atoms with van der Waals surface area (Å²) in [5.41, 5.74) is 0. The Bertz CT molecular complexity index is 191. The number of Topliss-reactive ketones (excluding diaryl/α,β-unsaturated/α-hetero) is 1. The Kier molecular flexibility index (Phi) is 5.30. The van der Waals surface area contributed by atoms with Gasteiger partial charge >= 0.3 is 5.97 Å². The number of hydrogen-bond acceptors (Lipinski definition) is 3. The highest BCUT2D eigenvalue weighted by Crippen LogP contribution is 2.10. The van der Waals surface area contributed by atoms with E-state index in [1.165, 1.54) is 6.92 Å². The van der Waals surface area contributed by atoms with Crippen LogP contribution in [0.1, 0.15) is 26.7 Å². The fourth-order valence-corrected chi connectivity index (χ4v) is 1.27. The zero-order valence-corrected chi connectivity index (χ0v) is 8.33. The van der Waals surface area contributed by atoms with Crippen molar-refractivity contribution in [2.24, 2.45) is 5.92 Å². The summed E-state index contributed by atoms with van der Waals surface area (Å²) in [4.78, 5) is 21.3. The van der Waals surface area contributed by atoms with Crippen molar-refractivity contribution in [1.82, 2.24) is 5.32 Å². The Morgan fingerprint density at radius 2 is 2.00 bits per heavy atom. The first-order valence-corrected chi connectivity index (χ1v) is 4.36. The third-order valence-corrected chi connectivity index (χ3v) is 2.00. The fourth-order valence-electron chi connectivity index (χ4n) is 1.27. The SMILES string of the molecule is CN[C@@H](CC(C)CC(=O)O)C(C)=O. The van der Waals surface area contributed by atoms with Crippen LogP contribution in [0.5, 0.6) is 0 Å². The molecule has 0 aromatic carbocycles. The summed E-state index contributed by atoms with van der Waals surface area (Å²) < 4.78 is 0. The standard InChI is InChI=1S/C9H17NO3/c1-6(5-9(12)13)4-8(10-3)7(2)11/h6,8,10H,4-5H2,1-3H3,(H,12,13)/t6?,8-/m0/s1. The van der Waals surface area contributed by atoms with Gasteiger partial charge < -0.3 is 10.4 Å². The van der Waals surface area contributed by atoms with Gasteiger partial charge in [0.15, 0.2) is 0 Å². The zero-order chi connectivity index (χ0) is 10.4. The van der Waals surface area contributed by atoms with Gasteiger partial charge in [0.2, 0.25) is 0 Å². The molecule has 0 aliphatic heterocycles. The molecule has 1 unspecified atom stereocenters. The van der Waals surface area contributed by atoms with Gasteiger partial charge in [-0.3, -0.25) is 9.59 Å². The second-order valence-electron chi connectivity index (χ2n) is 3.39. The van der Waals surface area contributed by atoms with Gasteiger partial charge in [0, 0.05) is 6.42 Å². The van der Waals surface area contributed by atoms with E-state index in [1.807, 2.05) is 6.92 Å². The maximum Gasteiger partial charge on any atom is 0.303 e. The lowest BCUT2D eigenvalue weighted by Gasteiger charge is -2.16. The molecule has 0 aromatic rings. The minimum absolute atomic E-state index is 0.0267. The molecule has 0 amide bonds. The van der Waals surface area contributed by atoms with Crippen molar-refractivity contribution in [1.29, 1.82) is 0 Å². The van der Waals surface area contributed by atoms with Crippen molar-refractivity contribution >= 4 is 11.8 Å². The number of likely N-dealkylation sites (N-methyl/N-ethyl adjacent to an activating group) is 1. The zero-order valence-electron chi connectivity index (χ0n) is 8.33. The highest BCUT2D eigenvalue weighted by atomic mass is 16.4. The van der Waals surface area contributed by atoms with E-state index in [4.69, 9.17) is 5.11 Å². The first-order chi connectivity index (χ1) is 5.97. The second kappa shape index (κ2) is 5.70. The minimum Gasteiger partial charge on any atom is -0.481 e. The van der Waals surface area contributed by atoms with Gasteiger partial charge in [-0.15, -0.1) is 0 Å². The van der Waals surface area contributed by atoms with Gasteiger partial charge in [-0.05, 0) is 26.3 Å². The van der Waals surface area contributed by atoms with Gasteiger partial charge in [-0.25, -0.2) is 0 Å². The quantitative estimate of drug-likeness (QED) is 0.641. The second-order valence-corrected chi connectivity index (χ2v) is 3.39. The topological polar surface area (TPSA) is 66.4 Å². The molecule has 0 heterocycles. The van der Waals surface area contributed by atoms with Crippen LogP contribution in [0, 0.1) is 5.92 Å². The van der Waals surface area contributed by atoms with Crippen LogP contribution in [0.2, 0.25) is 0 Å². The van der Waals surface area contributed by atoms with Crippen LogP contribution < -0.4 is 5.32 Å². The summed E-state index contributed by atoms with van der Waals surface area (Å²) in [7, 11) is 1.71. The highest BCUT2D eigenvalue weighted by molar-refractivity contribution is 5.81. The predicted octanol–water partition coefficient (Wildman–Crippen LogP) is 0.664. The summed E-state index contributed by atoms with van der Waals surface area (Å²) in [5, 5.41) is 11.4. The van der Waals surface area contributed by atoms with E-state index in [0.29, 0.717) is 6.42 Å². The summed E-state index contributed by atoms with van der Waals surface area (Å²) in [5.74, 6) is -0.732. The van der Waals surface area contributed by atoms with Crippen molar-refractivity contribution in [2.45, 2.75) is 32.7 Å². The van der Waals surface area contributed by atoms with Crippen LogP contribution >= 0.6 is 0 Å². The van der Waals surface area contributed by atoms with E-state index in [0.717, 1.165) is 0 Å². The Hall–Kier alpha value is -0.900. The fraction of sp³-hybridized carbons (Fsp3) is 0.778. The highest BCUT2D eigenvalue weighted by Gasteiger charge is 2.17. The monoisotopic (exact) mass is 187 g/mol.